The van der Waals surface area contributed by atoms with Gasteiger partial charge in [0.25, 0.3) is 0 Å². The molecule has 26 heavy (non-hydrogen) atoms. The Morgan fingerprint density at radius 2 is 2.15 bits per heavy atom. The maximum absolute atomic E-state index is 12.8. The average molecular weight is 359 g/mol. The maximum atomic E-state index is 12.8. The van der Waals surface area contributed by atoms with E-state index in [2.05, 4.69) is 15.4 Å². The van der Waals surface area contributed by atoms with Gasteiger partial charge in [-0.2, -0.15) is 5.10 Å². The molecule has 0 radical (unpaired) electrons. The number of urea groups is 1. The lowest BCUT2D eigenvalue weighted by Gasteiger charge is -2.47. The van der Waals surface area contributed by atoms with Gasteiger partial charge in [-0.1, -0.05) is 0 Å². The second kappa shape index (κ2) is 6.51. The number of carbonyl (C=O) groups excluding carboxylic acids is 1. The van der Waals surface area contributed by atoms with Crippen molar-refractivity contribution >= 4 is 22.8 Å². The van der Waals surface area contributed by atoms with Crippen LogP contribution in [0.25, 0.3) is 11.0 Å². The number of hydrogen-bond acceptors (Lipinski definition) is 5. The van der Waals surface area contributed by atoms with Crippen molar-refractivity contribution in [3.05, 3.63) is 18.0 Å². The monoisotopic (exact) mass is 359 g/mol. The Morgan fingerprint density at radius 1 is 1.38 bits per heavy atom. The fourth-order valence-electron chi connectivity index (χ4n) is 3.98. The smallest absolute Gasteiger partial charge is 0.322 e. The van der Waals surface area contributed by atoms with Crippen LogP contribution in [0.4, 0.5) is 10.5 Å². The summed E-state index contributed by atoms with van der Waals surface area (Å²) in [4.78, 5) is 19.1. The van der Waals surface area contributed by atoms with Crippen molar-refractivity contribution in [1.29, 1.82) is 0 Å². The normalized spacial score (nSPS) is 22.7. The van der Waals surface area contributed by atoms with Crippen LogP contribution in [-0.4, -0.2) is 63.7 Å². The Kier molecular flexibility index (Phi) is 4.32. The van der Waals surface area contributed by atoms with Gasteiger partial charge < -0.3 is 19.7 Å². The van der Waals surface area contributed by atoms with E-state index >= 15 is 0 Å². The first-order valence-electron chi connectivity index (χ1n) is 9.07. The largest absolute Gasteiger partial charge is 0.381 e. The van der Waals surface area contributed by atoms with Crippen molar-refractivity contribution in [1.82, 2.24) is 19.7 Å². The molecule has 0 saturated carbocycles. The summed E-state index contributed by atoms with van der Waals surface area (Å²) >= 11 is 0. The van der Waals surface area contributed by atoms with Gasteiger partial charge in [0.1, 0.15) is 0 Å². The molecule has 2 amide bonds. The van der Waals surface area contributed by atoms with E-state index < -0.39 is 0 Å². The number of amides is 2. The fourth-order valence-corrected chi connectivity index (χ4v) is 3.98. The standard InChI is InChI=1S/C18H25N5O3/c1-12-10-23(11-18(26-12)4-6-25-7-5-18)17(24)20-14-8-15-13(2)21-22(3)16(15)19-9-14/h8-9,12H,4-7,10-11H2,1-3H3,(H,20,24). The van der Waals surface area contributed by atoms with Gasteiger partial charge in [0.2, 0.25) is 0 Å². The van der Waals surface area contributed by atoms with E-state index in [0.717, 1.165) is 29.6 Å². The number of anilines is 1. The Labute approximate surface area is 152 Å². The number of hydrogen-bond donors (Lipinski definition) is 1. The van der Waals surface area contributed by atoms with E-state index in [1.54, 1.807) is 10.9 Å². The third kappa shape index (κ3) is 3.14. The van der Waals surface area contributed by atoms with Gasteiger partial charge in [0, 0.05) is 45.0 Å². The van der Waals surface area contributed by atoms with Crippen molar-refractivity contribution < 1.29 is 14.3 Å². The summed E-state index contributed by atoms with van der Waals surface area (Å²) in [5, 5.41) is 8.30. The molecule has 1 N–H and O–H groups in total. The van der Waals surface area contributed by atoms with Crippen LogP contribution >= 0.6 is 0 Å². The van der Waals surface area contributed by atoms with E-state index in [9.17, 15) is 4.79 Å². The topological polar surface area (TPSA) is 81.5 Å². The first kappa shape index (κ1) is 17.2. The fraction of sp³-hybridized carbons (Fsp3) is 0.611. The second-order valence-corrected chi connectivity index (χ2v) is 7.34. The zero-order valence-corrected chi connectivity index (χ0v) is 15.5. The minimum atomic E-state index is -0.282. The first-order valence-corrected chi connectivity index (χ1v) is 9.07. The van der Waals surface area contributed by atoms with E-state index in [-0.39, 0.29) is 17.7 Å². The van der Waals surface area contributed by atoms with E-state index in [1.165, 1.54) is 0 Å². The highest BCUT2D eigenvalue weighted by atomic mass is 16.5. The molecule has 2 saturated heterocycles. The van der Waals surface area contributed by atoms with Crippen LogP contribution in [0.15, 0.2) is 12.3 Å². The van der Waals surface area contributed by atoms with Gasteiger partial charge in [-0.15, -0.1) is 0 Å². The molecule has 2 fully saturated rings. The molecule has 1 spiro atoms. The van der Waals surface area contributed by atoms with Crippen LogP contribution in [0.2, 0.25) is 0 Å². The molecule has 0 bridgehead atoms. The zero-order valence-electron chi connectivity index (χ0n) is 15.5. The van der Waals surface area contributed by atoms with Crippen LogP contribution in [0, 0.1) is 6.92 Å². The van der Waals surface area contributed by atoms with E-state index in [1.807, 2.05) is 31.9 Å². The lowest BCUT2D eigenvalue weighted by Crippen LogP contribution is -2.59. The van der Waals surface area contributed by atoms with E-state index in [0.29, 0.717) is 32.0 Å². The van der Waals surface area contributed by atoms with Crippen molar-refractivity contribution in [3.63, 3.8) is 0 Å². The van der Waals surface area contributed by atoms with Crippen molar-refractivity contribution in [2.75, 3.05) is 31.6 Å². The molecule has 0 aromatic carbocycles. The summed E-state index contributed by atoms with van der Waals surface area (Å²) in [5.74, 6) is 0. The summed E-state index contributed by atoms with van der Waals surface area (Å²) < 4.78 is 13.4. The van der Waals surface area contributed by atoms with Crippen LogP contribution in [0.1, 0.15) is 25.5 Å². The highest BCUT2D eigenvalue weighted by molar-refractivity contribution is 5.92. The van der Waals surface area contributed by atoms with Crippen molar-refractivity contribution in [3.8, 4) is 0 Å². The number of aryl methyl sites for hydroxylation is 2. The molecule has 2 aromatic rings. The summed E-state index contributed by atoms with van der Waals surface area (Å²) in [7, 11) is 1.86. The molecule has 8 nitrogen and oxygen atoms in total. The molecule has 8 heteroatoms. The summed E-state index contributed by atoms with van der Waals surface area (Å²) in [6.07, 6.45) is 3.33. The number of ether oxygens (including phenoxy) is 2. The average Bonchev–Trinajstić information content (AvgIpc) is 2.88. The van der Waals surface area contributed by atoms with Gasteiger partial charge >= 0.3 is 6.03 Å². The molecule has 2 aliphatic heterocycles. The minimum Gasteiger partial charge on any atom is -0.381 e. The highest BCUT2D eigenvalue weighted by Crippen LogP contribution is 2.31. The maximum Gasteiger partial charge on any atom is 0.322 e. The number of nitrogens with one attached hydrogen (secondary N) is 1. The van der Waals surface area contributed by atoms with Gasteiger partial charge in [0.15, 0.2) is 5.65 Å². The Morgan fingerprint density at radius 3 is 2.92 bits per heavy atom. The van der Waals surface area contributed by atoms with Gasteiger partial charge in [-0.05, 0) is 19.9 Å². The molecule has 4 rings (SSSR count). The number of carbonyl (C=O) groups is 1. The molecule has 140 valence electrons. The molecule has 1 unspecified atom stereocenters. The van der Waals surface area contributed by atoms with Crippen LogP contribution in [-0.2, 0) is 16.5 Å². The van der Waals surface area contributed by atoms with Crippen LogP contribution in [0.5, 0.6) is 0 Å². The molecule has 1 atom stereocenters. The number of fused-ring (bicyclic) bond motifs is 1. The highest BCUT2D eigenvalue weighted by Gasteiger charge is 2.42. The summed E-state index contributed by atoms with van der Waals surface area (Å²) in [6.45, 7) is 6.49. The summed E-state index contributed by atoms with van der Waals surface area (Å²) in [6, 6.07) is 1.81. The second-order valence-electron chi connectivity index (χ2n) is 7.34. The van der Waals surface area contributed by atoms with Gasteiger partial charge in [0.05, 0.1) is 35.8 Å². The number of nitrogens with zero attached hydrogens (tertiary/aromatic N) is 4. The Balaban J connectivity index is 1.51. The Hall–Kier alpha value is -2.19. The lowest BCUT2D eigenvalue weighted by atomic mass is 9.91. The number of pyridine rings is 1. The number of rotatable bonds is 1. The van der Waals surface area contributed by atoms with Gasteiger partial charge in [-0.3, -0.25) is 4.68 Å². The Bertz CT molecular complexity index is 828. The van der Waals surface area contributed by atoms with Crippen molar-refractivity contribution in [2.45, 2.75) is 38.4 Å². The number of morpholine rings is 1. The zero-order chi connectivity index (χ0) is 18.3. The molecule has 0 aliphatic carbocycles. The third-order valence-corrected chi connectivity index (χ3v) is 5.21. The van der Waals surface area contributed by atoms with Crippen LogP contribution in [0.3, 0.4) is 0 Å². The van der Waals surface area contributed by atoms with Crippen molar-refractivity contribution in [2.24, 2.45) is 7.05 Å². The quantitative estimate of drug-likeness (QED) is 0.843. The predicted octanol–water partition coefficient (Wildman–Crippen LogP) is 2.08. The first-order chi connectivity index (χ1) is 12.5. The summed E-state index contributed by atoms with van der Waals surface area (Å²) in [5.41, 5.74) is 2.10. The molecular weight excluding hydrogens is 334 g/mol. The van der Waals surface area contributed by atoms with Gasteiger partial charge in [-0.25, -0.2) is 9.78 Å². The molecular formula is C18H25N5O3. The van der Waals surface area contributed by atoms with Crippen LogP contribution < -0.4 is 5.32 Å². The molecule has 2 aliphatic rings. The van der Waals surface area contributed by atoms with E-state index in [4.69, 9.17) is 9.47 Å². The lowest BCUT2D eigenvalue weighted by molar-refractivity contribution is -0.174. The predicted molar refractivity (Wildman–Crippen MR) is 97.2 cm³/mol. The minimum absolute atomic E-state index is 0.00812. The molecule has 2 aromatic heterocycles. The number of aromatic nitrogens is 3. The molecule has 4 heterocycles. The third-order valence-electron chi connectivity index (χ3n) is 5.21. The SMILES string of the molecule is Cc1nn(C)c2ncc(NC(=O)N3CC(C)OC4(CCOCC4)C3)cc12.